The molecule has 0 saturated carbocycles. The Morgan fingerprint density at radius 2 is 1.80 bits per heavy atom. The minimum absolute atomic E-state index is 0.00170. The summed E-state index contributed by atoms with van der Waals surface area (Å²) in [7, 11) is 0. The summed E-state index contributed by atoms with van der Waals surface area (Å²) in [4.78, 5) is 19.8. The van der Waals surface area contributed by atoms with E-state index in [1.54, 1.807) is 6.20 Å². The van der Waals surface area contributed by atoms with E-state index in [0.29, 0.717) is 12.3 Å². The van der Waals surface area contributed by atoms with E-state index in [4.69, 9.17) is 4.74 Å². The molecule has 5 nitrogen and oxygen atoms in total. The third kappa shape index (κ3) is 3.66. The number of aryl methyl sites for hydroxylation is 1. The number of fused-ring (bicyclic) bond motifs is 3. The number of aromatic nitrogens is 2. The van der Waals surface area contributed by atoms with Crippen molar-refractivity contribution in [3.05, 3.63) is 93.9 Å². The molecular formula is C25H23N3O2. The second-order valence-electron chi connectivity index (χ2n) is 7.63. The highest BCUT2D eigenvalue weighted by molar-refractivity contribution is 5.94. The lowest BCUT2D eigenvalue weighted by molar-refractivity contribution is 0.306. The van der Waals surface area contributed by atoms with Crippen LogP contribution in [-0.2, 0) is 19.4 Å². The number of pyridine rings is 2. The zero-order valence-electron chi connectivity index (χ0n) is 16.7. The van der Waals surface area contributed by atoms with Crippen molar-refractivity contribution in [1.29, 1.82) is 0 Å². The van der Waals surface area contributed by atoms with Gasteiger partial charge in [0, 0.05) is 28.9 Å². The highest BCUT2D eigenvalue weighted by Crippen LogP contribution is 2.32. The Balaban J connectivity index is 1.45. The van der Waals surface area contributed by atoms with Crippen molar-refractivity contribution in [3.63, 3.8) is 0 Å². The molecule has 0 saturated heterocycles. The van der Waals surface area contributed by atoms with Crippen molar-refractivity contribution in [3.8, 4) is 5.75 Å². The third-order valence-electron chi connectivity index (χ3n) is 5.59. The molecule has 1 aliphatic rings. The average Bonchev–Trinajstić information content (AvgIpc) is 2.79. The molecule has 0 spiro atoms. The lowest BCUT2D eigenvalue weighted by Gasteiger charge is -2.19. The number of nitrogens with one attached hydrogen (secondary N) is 2. The summed E-state index contributed by atoms with van der Waals surface area (Å²) in [6.45, 7) is 0.525. The molecule has 0 atom stereocenters. The van der Waals surface area contributed by atoms with Crippen LogP contribution < -0.4 is 15.6 Å². The highest BCUT2D eigenvalue weighted by atomic mass is 16.5. The number of hydrogen-bond donors (Lipinski definition) is 2. The van der Waals surface area contributed by atoms with Crippen LogP contribution in [0.5, 0.6) is 5.75 Å². The molecule has 4 aromatic rings. The van der Waals surface area contributed by atoms with Gasteiger partial charge in [0.25, 0.3) is 5.56 Å². The van der Waals surface area contributed by atoms with E-state index in [-0.39, 0.29) is 5.56 Å². The van der Waals surface area contributed by atoms with Crippen molar-refractivity contribution >= 4 is 22.4 Å². The normalized spacial score (nSPS) is 13.1. The maximum Gasteiger partial charge on any atom is 0.253 e. The molecule has 0 unspecified atom stereocenters. The number of anilines is 2. The van der Waals surface area contributed by atoms with E-state index in [0.717, 1.165) is 64.9 Å². The van der Waals surface area contributed by atoms with Crippen LogP contribution in [0.1, 0.15) is 29.5 Å². The Bertz CT molecular complexity index is 1250. The van der Waals surface area contributed by atoms with Gasteiger partial charge in [-0.2, -0.15) is 0 Å². The molecule has 1 aliphatic carbocycles. The van der Waals surface area contributed by atoms with Crippen LogP contribution in [0.4, 0.5) is 11.4 Å². The van der Waals surface area contributed by atoms with Crippen molar-refractivity contribution in [1.82, 2.24) is 9.97 Å². The van der Waals surface area contributed by atoms with Crippen LogP contribution in [0, 0.1) is 0 Å². The first-order valence-electron chi connectivity index (χ1n) is 10.3. The lowest BCUT2D eigenvalue weighted by Crippen LogP contribution is -2.20. The second-order valence-corrected chi connectivity index (χ2v) is 7.63. The molecule has 2 N–H and O–H groups in total. The van der Waals surface area contributed by atoms with Gasteiger partial charge in [-0.05, 0) is 55.0 Å². The minimum atomic E-state index is -0.00170. The van der Waals surface area contributed by atoms with E-state index in [1.165, 1.54) is 0 Å². The quantitative estimate of drug-likeness (QED) is 0.490. The Morgan fingerprint density at radius 3 is 2.67 bits per heavy atom. The Labute approximate surface area is 174 Å². The highest BCUT2D eigenvalue weighted by Gasteiger charge is 2.19. The smallest absolute Gasteiger partial charge is 0.253 e. The van der Waals surface area contributed by atoms with Gasteiger partial charge in [-0.15, -0.1) is 0 Å². The topological polar surface area (TPSA) is 67.0 Å². The van der Waals surface area contributed by atoms with Crippen molar-refractivity contribution in [2.75, 3.05) is 5.32 Å². The Hall–Kier alpha value is -3.60. The summed E-state index contributed by atoms with van der Waals surface area (Å²) in [5, 5.41) is 4.53. The lowest BCUT2D eigenvalue weighted by atomic mass is 9.90. The number of benzene rings is 2. The number of H-pyrrole nitrogens is 1. The van der Waals surface area contributed by atoms with Gasteiger partial charge in [-0.3, -0.25) is 4.79 Å². The molecule has 5 heteroatoms. The molecule has 2 heterocycles. The molecule has 2 aromatic heterocycles. The molecule has 5 rings (SSSR count). The van der Waals surface area contributed by atoms with Gasteiger partial charge in [-0.1, -0.05) is 36.4 Å². The fraction of sp³-hybridized carbons (Fsp3) is 0.200. The summed E-state index contributed by atoms with van der Waals surface area (Å²) >= 11 is 0. The largest absolute Gasteiger partial charge is 0.489 e. The summed E-state index contributed by atoms with van der Waals surface area (Å²) < 4.78 is 5.96. The van der Waals surface area contributed by atoms with Crippen molar-refractivity contribution in [2.45, 2.75) is 32.3 Å². The zero-order chi connectivity index (χ0) is 20.3. The Morgan fingerprint density at radius 1 is 0.967 bits per heavy atom. The standard InChI is InChI=1S/C25H23N3O2/c29-25-21-12-5-4-11-20(21)23-22(13-14-26-24(23)28-25)27-18-9-6-10-19(15-18)30-16-17-7-2-1-3-8-17/h1-3,6-10,13-15H,4-5,11-12,16H2,(H2,26,27,28,29). The zero-order valence-corrected chi connectivity index (χ0v) is 16.7. The van der Waals surface area contributed by atoms with Gasteiger partial charge in [0.1, 0.15) is 18.0 Å². The summed E-state index contributed by atoms with van der Waals surface area (Å²) in [5.41, 5.74) is 5.70. The van der Waals surface area contributed by atoms with Gasteiger partial charge in [0.05, 0.1) is 5.69 Å². The number of hydrogen-bond acceptors (Lipinski definition) is 4. The Kier molecular flexibility index (Phi) is 4.93. The van der Waals surface area contributed by atoms with Gasteiger partial charge >= 0.3 is 0 Å². The molecular weight excluding hydrogens is 374 g/mol. The predicted octanol–water partition coefficient (Wildman–Crippen LogP) is 5.12. The molecule has 150 valence electrons. The maximum absolute atomic E-state index is 12.4. The molecule has 2 aromatic carbocycles. The van der Waals surface area contributed by atoms with Crippen LogP contribution in [0.2, 0.25) is 0 Å². The van der Waals surface area contributed by atoms with Gasteiger partial charge < -0.3 is 15.0 Å². The summed E-state index contributed by atoms with van der Waals surface area (Å²) in [5.74, 6) is 0.803. The number of nitrogens with zero attached hydrogens (tertiary/aromatic N) is 1. The first-order valence-corrected chi connectivity index (χ1v) is 10.3. The molecule has 0 bridgehead atoms. The molecule has 0 amide bonds. The first kappa shape index (κ1) is 18.4. The van der Waals surface area contributed by atoms with E-state index < -0.39 is 0 Å². The number of ether oxygens (including phenoxy) is 1. The molecule has 0 aliphatic heterocycles. The average molecular weight is 397 g/mol. The van der Waals surface area contributed by atoms with Gasteiger partial charge in [0.2, 0.25) is 0 Å². The van der Waals surface area contributed by atoms with E-state index >= 15 is 0 Å². The predicted molar refractivity (Wildman–Crippen MR) is 120 cm³/mol. The summed E-state index contributed by atoms with van der Waals surface area (Å²) in [6.07, 6.45) is 5.63. The van der Waals surface area contributed by atoms with E-state index in [2.05, 4.69) is 27.4 Å². The SMILES string of the molecule is O=c1[nH]c2nccc(Nc3cccc(OCc4ccccc4)c3)c2c2c1CCCC2. The fourth-order valence-corrected chi connectivity index (χ4v) is 4.14. The maximum atomic E-state index is 12.4. The van der Waals surface area contributed by atoms with E-state index in [9.17, 15) is 4.79 Å². The van der Waals surface area contributed by atoms with Crippen molar-refractivity contribution < 1.29 is 4.74 Å². The van der Waals surface area contributed by atoms with Crippen molar-refractivity contribution in [2.24, 2.45) is 0 Å². The first-order chi connectivity index (χ1) is 14.8. The van der Waals surface area contributed by atoms with Gasteiger partial charge in [-0.25, -0.2) is 4.98 Å². The van der Waals surface area contributed by atoms with Crippen LogP contribution >= 0.6 is 0 Å². The fourth-order valence-electron chi connectivity index (χ4n) is 4.14. The number of rotatable bonds is 5. The minimum Gasteiger partial charge on any atom is -0.489 e. The van der Waals surface area contributed by atoms with E-state index in [1.807, 2.05) is 48.5 Å². The third-order valence-corrected chi connectivity index (χ3v) is 5.59. The van der Waals surface area contributed by atoms with Crippen LogP contribution in [-0.4, -0.2) is 9.97 Å². The molecule has 0 radical (unpaired) electrons. The van der Waals surface area contributed by atoms with Gasteiger partial charge in [0.15, 0.2) is 0 Å². The molecule has 0 fully saturated rings. The van der Waals surface area contributed by atoms with Crippen LogP contribution in [0.25, 0.3) is 11.0 Å². The van der Waals surface area contributed by atoms with Crippen LogP contribution in [0.3, 0.4) is 0 Å². The monoisotopic (exact) mass is 397 g/mol. The number of aromatic amines is 1. The van der Waals surface area contributed by atoms with Crippen LogP contribution in [0.15, 0.2) is 71.7 Å². The second kappa shape index (κ2) is 8.03. The summed E-state index contributed by atoms with van der Waals surface area (Å²) in [6, 6.07) is 20.0. The molecule has 30 heavy (non-hydrogen) atoms.